The average Bonchev–Trinajstić information content (AvgIpc) is 3.09. The highest BCUT2D eigenvalue weighted by molar-refractivity contribution is 7.20. The number of thiophene rings is 1. The monoisotopic (exact) mass is 378 g/mol. The topological polar surface area (TPSA) is 60.5 Å². The number of methoxy groups -OCH3 is 2. The van der Waals surface area contributed by atoms with Crippen molar-refractivity contribution in [1.82, 2.24) is 4.98 Å². The van der Waals surface area contributed by atoms with Gasteiger partial charge < -0.3 is 14.8 Å². The lowest BCUT2D eigenvalue weighted by molar-refractivity contribution is 0.103. The van der Waals surface area contributed by atoms with Crippen molar-refractivity contribution in [2.24, 2.45) is 0 Å². The van der Waals surface area contributed by atoms with Crippen LogP contribution < -0.4 is 14.8 Å². The number of hydrogen-bond donors (Lipinski definition) is 1. The first-order valence-corrected chi connectivity index (χ1v) is 9.23. The average molecular weight is 378 g/mol. The highest BCUT2D eigenvalue weighted by Gasteiger charge is 2.14. The molecule has 0 aliphatic heterocycles. The molecule has 0 atom stereocenters. The fourth-order valence-corrected chi connectivity index (χ4v) is 3.87. The molecule has 27 heavy (non-hydrogen) atoms. The maximum absolute atomic E-state index is 12.8. The number of ether oxygens (including phenoxy) is 2. The molecule has 4 aromatic rings. The van der Waals surface area contributed by atoms with E-state index in [2.05, 4.69) is 10.3 Å². The predicted molar refractivity (Wildman–Crippen MR) is 109 cm³/mol. The smallest absolute Gasteiger partial charge is 0.265 e. The minimum Gasteiger partial charge on any atom is -0.497 e. The van der Waals surface area contributed by atoms with E-state index in [0.29, 0.717) is 16.3 Å². The second-order valence-electron chi connectivity index (χ2n) is 6.21. The van der Waals surface area contributed by atoms with Crippen LogP contribution in [0.15, 0.2) is 48.5 Å². The summed E-state index contributed by atoms with van der Waals surface area (Å²) in [6, 6.07) is 15.3. The first-order chi connectivity index (χ1) is 13.1. The Balaban J connectivity index is 1.70. The Hall–Kier alpha value is -3.12. The number of anilines is 1. The summed E-state index contributed by atoms with van der Waals surface area (Å²) in [6.07, 6.45) is 0. The standard InChI is InChI=1S/C21H18N2O3S/c1-12-4-7-18(26-3)17(8-12)22-20(24)19-11-14-9-13-10-15(25-2)5-6-16(13)23-21(14)27-19/h4-11H,1-3H3,(H,22,24). The predicted octanol–water partition coefficient (Wildman–Crippen LogP) is 5.03. The van der Waals surface area contributed by atoms with Gasteiger partial charge in [-0.15, -0.1) is 11.3 Å². The SMILES string of the molecule is COc1ccc2nc3sc(C(=O)Nc4cc(C)ccc4OC)cc3cc2c1. The van der Waals surface area contributed by atoms with E-state index in [1.807, 2.05) is 55.5 Å². The zero-order valence-corrected chi connectivity index (χ0v) is 16.0. The molecule has 0 saturated carbocycles. The lowest BCUT2D eigenvalue weighted by Crippen LogP contribution is -2.11. The number of carbonyl (C=O) groups is 1. The number of carbonyl (C=O) groups excluding carboxylic acids is 1. The van der Waals surface area contributed by atoms with Gasteiger partial charge in [-0.1, -0.05) is 6.07 Å². The number of nitrogens with one attached hydrogen (secondary N) is 1. The number of fused-ring (bicyclic) bond motifs is 2. The fraction of sp³-hybridized carbons (Fsp3) is 0.143. The molecule has 2 heterocycles. The molecule has 0 bridgehead atoms. The minimum atomic E-state index is -0.177. The Bertz CT molecular complexity index is 1170. The molecule has 0 unspecified atom stereocenters. The quantitative estimate of drug-likeness (QED) is 0.541. The molecule has 0 radical (unpaired) electrons. The van der Waals surface area contributed by atoms with E-state index in [1.54, 1.807) is 14.2 Å². The van der Waals surface area contributed by atoms with Crippen LogP contribution in [0.3, 0.4) is 0 Å². The first-order valence-electron chi connectivity index (χ1n) is 8.42. The molecule has 2 aromatic carbocycles. The zero-order chi connectivity index (χ0) is 19.0. The Morgan fingerprint density at radius 2 is 1.85 bits per heavy atom. The van der Waals surface area contributed by atoms with Crippen LogP contribution in [0.25, 0.3) is 21.1 Å². The van der Waals surface area contributed by atoms with Crippen molar-refractivity contribution in [2.45, 2.75) is 6.92 Å². The van der Waals surface area contributed by atoms with Crippen LogP contribution in [-0.2, 0) is 0 Å². The number of amides is 1. The van der Waals surface area contributed by atoms with Gasteiger partial charge in [-0.25, -0.2) is 4.98 Å². The molecule has 6 heteroatoms. The summed E-state index contributed by atoms with van der Waals surface area (Å²) >= 11 is 1.37. The van der Waals surface area contributed by atoms with Crippen LogP contribution in [0.1, 0.15) is 15.2 Å². The molecular weight excluding hydrogens is 360 g/mol. The number of nitrogens with zero attached hydrogens (tertiary/aromatic N) is 1. The maximum atomic E-state index is 12.8. The summed E-state index contributed by atoms with van der Waals surface area (Å²) in [7, 11) is 3.23. The van der Waals surface area contributed by atoms with Crippen molar-refractivity contribution in [2.75, 3.05) is 19.5 Å². The Morgan fingerprint density at radius 1 is 1.00 bits per heavy atom. The third kappa shape index (κ3) is 3.31. The third-order valence-electron chi connectivity index (χ3n) is 4.33. The van der Waals surface area contributed by atoms with E-state index in [-0.39, 0.29) is 5.91 Å². The van der Waals surface area contributed by atoms with Crippen molar-refractivity contribution in [3.8, 4) is 11.5 Å². The van der Waals surface area contributed by atoms with Crippen LogP contribution in [0.5, 0.6) is 11.5 Å². The lowest BCUT2D eigenvalue weighted by atomic mass is 10.2. The van der Waals surface area contributed by atoms with Gasteiger partial charge in [-0.05, 0) is 55.0 Å². The highest BCUT2D eigenvalue weighted by atomic mass is 32.1. The largest absolute Gasteiger partial charge is 0.497 e. The number of aromatic nitrogens is 1. The van der Waals surface area contributed by atoms with Crippen LogP contribution in [-0.4, -0.2) is 25.1 Å². The summed E-state index contributed by atoms with van der Waals surface area (Å²) in [5, 5.41) is 4.85. The Morgan fingerprint density at radius 3 is 2.63 bits per heavy atom. The minimum absolute atomic E-state index is 0.177. The van der Waals surface area contributed by atoms with E-state index < -0.39 is 0 Å². The van der Waals surface area contributed by atoms with Gasteiger partial charge in [-0.3, -0.25) is 4.79 Å². The van der Waals surface area contributed by atoms with Gasteiger partial charge in [0.25, 0.3) is 5.91 Å². The molecule has 2 aromatic heterocycles. The van der Waals surface area contributed by atoms with Gasteiger partial charge in [0.15, 0.2) is 0 Å². The van der Waals surface area contributed by atoms with E-state index in [4.69, 9.17) is 9.47 Å². The second kappa shape index (κ2) is 6.89. The number of aryl methyl sites for hydroxylation is 1. The van der Waals surface area contributed by atoms with Crippen LogP contribution in [0.4, 0.5) is 5.69 Å². The maximum Gasteiger partial charge on any atom is 0.265 e. The summed E-state index contributed by atoms with van der Waals surface area (Å²) in [4.78, 5) is 18.9. The second-order valence-corrected chi connectivity index (χ2v) is 7.24. The molecule has 136 valence electrons. The van der Waals surface area contributed by atoms with Gasteiger partial charge in [0.1, 0.15) is 16.3 Å². The van der Waals surface area contributed by atoms with E-state index in [0.717, 1.165) is 32.4 Å². The molecule has 4 rings (SSSR count). The van der Waals surface area contributed by atoms with Crippen LogP contribution in [0, 0.1) is 6.92 Å². The van der Waals surface area contributed by atoms with Gasteiger partial charge in [0.2, 0.25) is 0 Å². The summed E-state index contributed by atoms with van der Waals surface area (Å²) in [6.45, 7) is 1.97. The number of rotatable bonds is 4. The molecule has 0 aliphatic carbocycles. The Kier molecular flexibility index (Phi) is 4.41. The van der Waals surface area contributed by atoms with Crippen LogP contribution in [0.2, 0.25) is 0 Å². The van der Waals surface area contributed by atoms with Gasteiger partial charge in [0.05, 0.1) is 30.3 Å². The Labute approximate surface area is 160 Å². The molecule has 0 fully saturated rings. The molecule has 0 aliphatic rings. The first kappa shape index (κ1) is 17.3. The molecule has 1 amide bonds. The number of pyridine rings is 1. The van der Waals surface area contributed by atoms with Crippen molar-refractivity contribution in [3.63, 3.8) is 0 Å². The third-order valence-corrected chi connectivity index (χ3v) is 5.38. The van der Waals surface area contributed by atoms with Crippen LogP contribution >= 0.6 is 11.3 Å². The number of benzene rings is 2. The van der Waals surface area contributed by atoms with Crippen molar-refractivity contribution < 1.29 is 14.3 Å². The van der Waals surface area contributed by atoms with Gasteiger partial charge in [-0.2, -0.15) is 0 Å². The molecular formula is C21H18N2O3S. The fourth-order valence-electron chi connectivity index (χ4n) is 2.96. The van der Waals surface area contributed by atoms with Crippen molar-refractivity contribution in [3.05, 3.63) is 59.0 Å². The summed E-state index contributed by atoms with van der Waals surface area (Å²) in [5.74, 6) is 1.23. The molecule has 5 nitrogen and oxygen atoms in total. The van der Waals surface area contributed by atoms with Gasteiger partial charge in [0, 0.05) is 10.8 Å². The summed E-state index contributed by atoms with van der Waals surface area (Å²) < 4.78 is 10.6. The van der Waals surface area contributed by atoms with E-state index >= 15 is 0 Å². The summed E-state index contributed by atoms with van der Waals surface area (Å²) in [5.41, 5.74) is 2.57. The van der Waals surface area contributed by atoms with Crippen molar-refractivity contribution in [1.29, 1.82) is 0 Å². The zero-order valence-electron chi connectivity index (χ0n) is 15.2. The molecule has 0 saturated heterocycles. The van der Waals surface area contributed by atoms with E-state index in [9.17, 15) is 4.79 Å². The normalized spacial score (nSPS) is 10.9. The highest BCUT2D eigenvalue weighted by Crippen LogP contribution is 2.31. The van der Waals surface area contributed by atoms with E-state index in [1.165, 1.54) is 11.3 Å². The molecule has 1 N–H and O–H groups in total. The van der Waals surface area contributed by atoms with Gasteiger partial charge >= 0.3 is 0 Å². The van der Waals surface area contributed by atoms with Crippen molar-refractivity contribution >= 4 is 44.1 Å². The number of hydrogen-bond acceptors (Lipinski definition) is 5. The molecule has 0 spiro atoms. The lowest BCUT2D eigenvalue weighted by Gasteiger charge is -2.10.